The Balaban J connectivity index is 1.77. The van der Waals surface area contributed by atoms with E-state index in [0.717, 1.165) is 50.9 Å². The Morgan fingerprint density at radius 3 is 2.26 bits per heavy atom. The lowest BCUT2D eigenvalue weighted by atomic mass is 9.65. The van der Waals surface area contributed by atoms with Crippen LogP contribution in [0.25, 0.3) is 0 Å². The average molecular weight is 374 g/mol. The first-order valence-corrected chi connectivity index (χ1v) is 9.96. The molecule has 2 aliphatic heterocycles. The number of hydrogen-bond donors (Lipinski definition) is 1. The molecule has 2 aliphatic rings. The second-order valence-corrected chi connectivity index (χ2v) is 9.05. The molecule has 5 heteroatoms. The minimum absolute atomic E-state index is 0.0605. The summed E-state index contributed by atoms with van der Waals surface area (Å²) in [6.45, 7) is 12.8. The highest BCUT2D eigenvalue weighted by Gasteiger charge is 2.54. The van der Waals surface area contributed by atoms with E-state index in [-0.39, 0.29) is 16.4 Å². The van der Waals surface area contributed by atoms with Crippen LogP contribution >= 0.6 is 0 Å². The maximum absolute atomic E-state index is 5.67. The SMILES string of the molecule is CN=C(NCC1(c2ccc(OC)cc2)CCOCC1)N1CC(C)(C)C1(C)C. The minimum Gasteiger partial charge on any atom is -0.497 e. The summed E-state index contributed by atoms with van der Waals surface area (Å²) < 4.78 is 11.0. The van der Waals surface area contributed by atoms with Crippen LogP contribution < -0.4 is 10.1 Å². The quantitative estimate of drug-likeness (QED) is 0.649. The first kappa shape index (κ1) is 20.0. The van der Waals surface area contributed by atoms with Crippen molar-refractivity contribution in [3.63, 3.8) is 0 Å². The number of nitrogens with one attached hydrogen (secondary N) is 1. The van der Waals surface area contributed by atoms with E-state index >= 15 is 0 Å². The molecule has 0 aromatic heterocycles. The molecule has 0 atom stereocenters. The lowest BCUT2D eigenvalue weighted by Crippen LogP contribution is -2.72. The molecule has 2 saturated heterocycles. The lowest BCUT2D eigenvalue weighted by molar-refractivity contribution is -0.0671. The lowest BCUT2D eigenvalue weighted by Gasteiger charge is -2.62. The summed E-state index contributed by atoms with van der Waals surface area (Å²) in [5.41, 5.74) is 1.79. The number of nitrogens with zero attached hydrogens (tertiary/aromatic N) is 2. The highest BCUT2D eigenvalue weighted by Crippen LogP contribution is 2.46. The highest BCUT2D eigenvalue weighted by atomic mass is 16.5. The Morgan fingerprint density at radius 1 is 1.15 bits per heavy atom. The van der Waals surface area contributed by atoms with E-state index < -0.39 is 0 Å². The first-order valence-electron chi connectivity index (χ1n) is 9.96. The molecule has 0 spiro atoms. The van der Waals surface area contributed by atoms with Gasteiger partial charge in [0.1, 0.15) is 5.75 Å². The Hall–Kier alpha value is -1.75. The Morgan fingerprint density at radius 2 is 1.78 bits per heavy atom. The molecule has 0 saturated carbocycles. The normalized spacial score (nSPS) is 23.5. The second kappa shape index (κ2) is 7.34. The number of guanidine groups is 1. The van der Waals surface area contributed by atoms with Crippen LogP contribution in [0.5, 0.6) is 5.75 Å². The van der Waals surface area contributed by atoms with Gasteiger partial charge >= 0.3 is 0 Å². The van der Waals surface area contributed by atoms with Crippen LogP contribution in [0.15, 0.2) is 29.3 Å². The van der Waals surface area contributed by atoms with Gasteiger partial charge in [0.2, 0.25) is 0 Å². The van der Waals surface area contributed by atoms with Gasteiger partial charge in [-0.25, -0.2) is 0 Å². The Bertz CT molecular complexity index is 673. The average Bonchev–Trinajstić information content (AvgIpc) is 2.68. The molecule has 3 rings (SSSR count). The van der Waals surface area contributed by atoms with Crippen LogP contribution in [-0.2, 0) is 10.2 Å². The molecule has 1 aromatic rings. The van der Waals surface area contributed by atoms with Gasteiger partial charge in [-0.2, -0.15) is 0 Å². The highest BCUT2D eigenvalue weighted by molar-refractivity contribution is 5.82. The zero-order valence-electron chi connectivity index (χ0n) is 17.8. The molecule has 0 unspecified atom stereocenters. The summed E-state index contributed by atoms with van der Waals surface area (Å²) in [6.07, 6.45) is 2.02. The smallest absolute Gasteiger partial charge is 0.194 e. The predicted octanol–water partition coefficient (Wildman–Crippen LogP) is 3.44. The predicted molar refractivity (Wildman–Crippen MR) is 111 cm³/mol. The number of methoxy groups -OCH3 is 1. The van der Waals surface area contributed by atoms with Crippen LogP contribution in [0.2, 0.25) is 0 Å². The molecule has 1 N–H and O–H groups in total. The van der Waals surface area contributed by atoms with Crippen molar-refractivity contribution in [2.75, 3.05) is 40.5 Å². The van der Waals surface area contributed by atoms with Crippen LogP contribution in [0.1, 0.15) is 46.1 Å². The van der Waals surface area contributed by atoms with Gasteiger partial charge in [0.05, 0.1) is 7.11 Å². The van der Waals surface area contributed by atoms with E-state index in [1.807, 2.05) is 7.05 Å². The van der Waals surface area contributed by atoms with Gasteiger partial charge in [-0.1, -0.05) is 26.0 Å². The van der Waals surface area contributed by atoms with E-state index in [9.17, 15) is 0 Å². The van der Waals surface area contributed by atoms with Crippen molar-refractivity contribution < 1.29 is 9.47 Å². The van der Waals surface area contributed by atoms with E-state index in [1.54, 1.807) is 7.11 Å². The molecule has 0 amide bonds. The molecule has 5 nitrogen and oxygen atoms in total. The van der Waals surface area contributed by atoms with Crippen LogP contribution in [0, 0.1) is 5.41 Å². The first-order chi connectivity index (χ1) is 12.8. The summed E-state index contributed by atoms with van der Waals surface area (Å²) in [6, 6.07) is 8.52. The maximum atomic E-state index is 5.67. The third-order valence-corrected chi connectivity index (χ3v) is 7.09. The third-order valence-electron chi connectivity index (χ3n) is 7.09. The summed E-state index contributed by atoms with van der Waals surface area (Å²) in [4.78, 5) is 6.98. The van der Waals surface area contributed by atoms with Crippen molar-refractivity contribution in [3.8, 4) is 5.75 Å². The molecule has 1 aromatic carbocycles. The number of rotatable bonds is 4. The number of benzene rings is 1. The van der Waals surface area contributed by atoms with Crippen molar-refractivity contribution in [2.24, 2.45) is 10.4 Å². The van der Waals surface area contributed by atoms with Gasteiger partial charge in [0.15, 0.2) is 5.96 Å². The zero-order valence-corrected chi connectivity index (χ0v) is 17.8. The molecular formula is C22H35N3O2. The summed E-state index contributed by atoms with van der Waals surface area (Å²) in [5.74, 6) is 1.90. The zero-order chi connectivity index (χ0) is 19.7. The van der Waals surface area contributed by atoms with Crippen molar-refractivity contribution in [3.05, 3.63) is 29.8 Å². The molecule has 27 heavy (non-hydrogen) atoms. The molecule has 0 aliphatic carbocycles. The summed E-state index contributed by atoms with van der Waals surface area (Å²) >= 11 is 0. The van der Waals surface area contributed by atoms with Crippen molar-refractivity contribution in [2.45, 2.75) is 51.5 Å². The Labute approximate surface area is 164 Å². The van der Waals surface area contributed by atoms with Crippen LogP contribution in [0.3, 0.4) is 0 Å². The standard InChI is InChI=1S/C22H35N3O2/c1-20(2)16-25(21(20,3)4)19(23-5)24-15-22(11-13-27-14-12-22)17-7-9-18(26-6)10-8-17/h7-10H,11-16H2,1-6H3,(H,23,24). The summed E-state index contributed by atoms with van der Waals surface area (Å²) in [5, 5.41) is 3.69. The van der Waals surface area contributed by atoms with Gasteiger partial charge in [-0.15, -0.1) is 0 Å². The molecule has 150 valence electrons. The molecule has 0 radical (unpaired) electrons. The third kappa shape index (κ3) is 3.54. The Kier molecular flexibility index (Phi) is 5.44. The minimum atomic E-state index is 0.0605. The van der Waals surface area contributed by atoms with E-state index in [0.29, 0.717) is 0 Å². The monoisotopic (exact) mass is 373 g/mol. The number of likely N-dealkylation sites (tertiary alicyclic amines) is 1. The van der Waals surface area contributed by atoms with Crippen molar-refractivity contribution in [1.29, 1.82) is 0 Å². The second-order valence-electron chi connectivity index (χ2n) is 9.05. The molecule has 2 fully saturated rings. The molecule has 2 heterocycles. The maximum Gasteiger partial charge on any atom is 0.194 e. The van der Waals surface area contributed by atoms with Crippen molar-refractivity contribution >= 4 is 5.96 Å². The van der Waals surface area contributed by atoms with Gasteiger partial charge in [0, 0.05) is 49.7 Å². The van der Waals surface area contributed by atoms with E-state index in [2.05, 4.69) is 67.2 Å². The van der Waals surface area contributed by atoms with Crippen molar-refractivity contribution in [1.82, 2.24) is 10.2 Å². The van der Waals surface area contributed by atoms with Gasteiger partial charge in [0.25, 0.3) is 0 Å². The van der Waals surface area contributed by atoms with Crippen LogP contribution in [0.4, 0.5) is 0 Å². The molecular weight excluding hydrogens is 338 g/mol. The largest absolute Gasteiger partial charge is 0.497 e. The number of ether oxygens (including phenoxy) is 2. The molecule has 0 bridgehead atoms. The number of hydrogen-bond acceptors (Lipinski definition) is 3. The van der Waals surface area contributed by atoms with Gasteiger partial charge < -0.3 is 19.7 Å². The van der Waals surface area contributed by atoms with Gasteiger partial charge in [-0.3, -0.25) is 4.99 Å². The fourth-order valence-electron chi connectivity index (χ4n) is 4.22. The fraction of sp³-hybridized carbons (Fsp3) is 0.682. The van der Waals surface area contributed by atoms with E-state index in [4.69, 9.17) is 9.47 Å². The fourth-order valence-corrected chi connectivity index (χ4v) is 4.22. The number of aliphatic imine (C=N–C) groups is 1. The summed E-state index contributed by atoms with van der Waals surface area (Å²) in [7, 11) is 3.59. The van der Waals surface area contributed by atoms with E-state index in [1.165, 1.54) is 5.56 Å². The van der Waals surface area contributed by atoms with Crippen LogP contribution in [-0.4, -0.2) is 56.9 Å². The topological polar surface area (TPSA) is 46.1 Å². The van der Waals surface area contributed by atoms with Gasteiger partial charge in [-0.05, 0) is 44.4 Å².